The molecule has 0 saturated carbocycles. The second-order valence-electron chi connectivity index (χ2n) is 6.00. The van der Waals surface area contributed by atoms with E-state index in [4.69, 9.17) is 9.15 Å². The Balaban J connectivity index is 1.71. The largest absolute Gasteiger partial charge is 0.468 e. The average Bonchev–Trinajstić information content (AvgIpc) is 3.17. The molecule has 1 aromatic heterocycles. The molecule has 0 spiro atoms. The van der Waals surface area contributed by atoms with Crippen molar-refractivity contribution in [3.8, 4) is 0 Å². The lowest BCUT2D eigenvalue weighted by atomic mass is 10.2. The molecular weight excluding hydrogens is 350 g/mol. The molecule has 1 heterocycles. The molecule has 0 aliphatic rings. The van der Waals surface area contributed by atoms with Gasteiger partial charge in [-0.2, -0.15) is 4.72 Å². The lowest BCUT2D eigenvalue weighted by Gasteiger charge is -2.17. The molecule has 0 saturated heterocycles. The fourth-order valence-electron chi connectivity index (χ4n) is 2.51. The van der Waals surface area contributed by atoms with Crippen molar-refractivity contribution in [1.29, 1.82) is 0 Å². The van der Waals surface area contributed by atoms with Crippen LogP contribution in [0.5, 0.6) is 0 Å². The third-order valence-corrected chi connectivity index (χ3v) is 5.40. The molecule has 0 aliphatic heterocycles. The molecule has 136 valence electrons. The maximum Gasteiger partial charge on any atom is 0.241 e. The minimum Gasteiger partial charge on any atom is -0.468 e. The zero-order valence-electron chi connectivity index (χ0n) is 14.5. The van der Waals surface area contributed by atoms with Gasteiger partial charge in [0.1, 0.15) is 11.8 Å². The molecule has 1 N–H and O–H groups in total. The topological polar surface area (TPSA) is 68.5 Å². The summed E-state index contributed by atoms with van der Waals surface area (Å²) >= 11 is 0. The minimum atomic E-state index is -3.69. The number of sulfonamides is 1. The van der Waals surface area contributed by atoms with Gasteiger partial charge in [-0.25, -0.2) is 8.42 Å². The summed E-state index contributed by atoms with van der Waals surface area (Å²) < 4.78 is 39.1. The van der Waals surface area contributed by atoms with Gasteiger partial charge in [0.25, 0.3) is 0 Å². The molecule has 2 aromatic carbocycles. The molecule has 1 atom stereocenters. The summed E-state index contributed by atoms with van der Waals surface area (Å²) in [6.45, 7) is 2.46. The number of benzene rings is 2. The van der Waals surface area contributed by atoms with Crippen molar-refractivity contribution in [2.45, 2.75) is 24.5 Å². The van der Waals surface area contributed by atoms with E-state index >= 15 is 0 Å². The highest BCUT2D eigenvalue weighted by molar-refractivity contribution is 7.89. The van der Waals surface area contributed by atoms with Crippen molar-refractivity contribution >= 4 is 10.0 Å². The Morgan fingerprint density at radius 1 is 1.00 bits per heavy atom. The summed E-state index contributed by atoms with van der Waals surface area (Å²) in [5.74, 6) is 0.508. The molecule has 3 aromatic rings. The lowest BCUT2D eigenvalue weighted by Crippen LogP contribution is -2.31. The SMILES string of the molecule is Cc1ccc(S(=O)(=O)N[C@H](COCc2ccccc2)c2ccco2)cc1. The van der Waals surface area contributed by atoms with Crippen LogP contribution in [0.4, 0.5) is 0 Å². The highest BCUT2D eigenvalue weighted by Gasteiger charge is 2.23. The van der Waals surface area contributed by atoms with E-state index in [0.29, 0.717) is 12.4 Å². The summed E-state index contributed by atoms with van der Waals surface area (Å²) in [6.07, 6.45) is 1.51. The van der Waals surface area contributed by atoms with Crippen molar-refractivity contribution in [1.82, 2.24) is 4.72 Å². The second kappa shape index (κ2) is 8.31. The third kappa shape index (κ3) is 4.82. The predicted molar refractivity (Wildman–Crippen MR) is 99.0 cm³/mol. The highest BCUT2D eigenvalue weighted by atomic mass is 32.2. The molecule has 26 heavy (non-hydrogen) atoms. The van der Waals surface area contributed by atoms with Crippen LogP contribution in [-0.4, -0.2) is 15.0 Å². The summed E-state index contributed by atoms with van der Waals surface area (Å²) in [4.78, 5) is 0.211. The maximum absolute atomic E-state index is 12.7. The number of aryl methyl sites for hydroxylation is 1. The van der Waals surface area contributed by atoms with Gasteiger partial charge >= 0.3 is 0 Å². The summed E-state index contributed by atoms with van der Waals surface area (Å²) in [5, 5.41) is 0. The Labute approximate surface area is 153 Å². The zero-order chi connectivity index (χ0) is 18.4. The van der Waals surface area contributed by atoms with E-state index in [9.17, 15) is 8.42 Å². The molecular formula is C20H21NO4S. The van der Waals surface area contributed by atoms with Crippen LogP contribution in [0.3, 0.4) is 0 Å². The van der Waals surface area contributed by atoms with E-state index in [1.807, 2.05) is 37.3 Å². The smallest absolute Gasteiger partial charge is 0.241 e. The molecule has 0 bridgehead atoms. The molecule has 0 radical (unpaired) electrons. The number of hydrogen-bond donors (Lipinski definition) is 1. The Bertz CT molecular complexity index is 904. The quantitative estimate of drug-likeness (QED) is 0.653. The van der Waals surface area contributed by atoms with Gasteiger partial charge in [-0.1, -0.05) is 48.0 Å². The van der Waals surface area contributed by atoms with Gasteiger partial charge in [-0.05, 0) is 36.8 Å². The maximum atomic E-state index is 12.7. The van der Waals surface area contributed by atoms with Crippen molar-refractivity contribution in [3.05, 3.63) is 89.9 Å². The Kier molecular flexibility index (Phi) is 5.88. The molecule has 3 rings (SSSR count). The van der Waals surface area contributed by atoms with Crippen LogP contribution < -0.4 is 4.72 Å². The first-order valence-electron chi connectivity index (χ1n) is 8.29. The lowest BCUT2D eigenvalue weighted by molar-refractivity contribution is 0.0987. The van der Waals surface area contributed by atoms with Gasteiger partial charge in [0.15, 0.2) is 0 Å². The van der Waals surface area contributed by atoms with Crippen molar-refractivity contribution in [3.63, 3.8) is 0 Å². The first-order valence-corrected chi connectivity index (χ1v) is 9.77. The Morgan fingerprint density at radius 3 is 2.38 bits per heavy atom. The molecule has 0 amide bonds. The number of nitrogens with one attached hydrogen (secondary N) is 1. The van der Waals surface area contributed by atoms with Gasteiger partial charge in [0.2, 0.25) is 10.0 Å². The van der Waals surface area contributed by atoms with Crippen LogP contribution in [0, 0.1) is 6.92 Å². The standard InChI is InChI=1S/C20H21NO4S/c1-16-9-11-18(12-10-16)26(22,23)21-19(20-8-5-13-25-20)15-24-14-17-6-3-2-4-7-17/h2-13,19,21H,14-15H2,1H3/t19-/m1/s1. The molecule has 0 unspecified atom stereocenters. The van der Waals surface area contributed by atoms with Crippen LogP contribution in [-0.2, 0) is 21.4 Å². The molecule has 5 nitrogen and oxygen atoms in total. The van der Waals surface area contributed by atoms with Crippen LogP contribution in [0.15, 0.2) is 82.3 Å². The van der Waals surface area contributed by atoms with Crippen LogP contribution in [0.1, 0.15) is 22.9 Å². The number of ether oxygens (including phenoxy) is 1. The third-order valence-electron chi connectivity index (χ3n) is 3.91. The van der Waals surface area contributed by atoms with E-state index in [0.717, 1.165) is 11.1 Å². The predicted octanol–water partition coefficient (Wildman–Crippen LogP) is 3.82. The Morgan fingerprint density at radius 2 is 1.73 bits per heavy atom. The fourth-order valence-corrected chi connectivity index (χ4v) is 3.69. The molecule has 6 heteroatoms. The van der Waals surface area contributed by atoms with E-state index in [1.54, 1.807) is 36.4 Å². The first kappa shape index (κ1) is 18.4. The van der Waals surface area contributed by atoms with Crippen molar-refractivity contribution in [2.75, 3.05) is 6.61 Å². The van der Waals surface area contributed by atoms with Crippen molar-refractivity contribution < 1.29 is 17.6 Å². The summed E-state index contributed by atoms with van der Waals surface area (Å²) in [5.41, 5.74) is 2.02. The minimum absolute atomic E-state index is 0.160. The number of rotatable bonds is 8. The monoisotopic (exact) mass is 371 g/mol. The zero-order valence-corrected chi connectivity index (χ0v) is 15.3. The molecule has 0 aliphatic carbocycles. The van der Waals surface area contributed by atoms with E-state index in [-0.39, 0.29) is 11.5 Å². The Hall–Kier alpha value is -2.41. The van der Waals surface area contributed by atoms with E-state index in [2.05, 4.69) is 4.72 Å². The second-order valence-corrected chi connectivity index (χ2v) is 7.72. The highest BCUT2D eigenvalue weighted by Crippen LogP contribution is 2.19. The van der Waals surface area contributed by atoms with Gasteiger partial charge in [0, 0.05) is 0 Å². The van der Waals surface area contributed by atoms with E-state index < -0.39 is 16.1 Å². The van der Waals surface area contributed by atoms with E-state index in [1.165, 1.54) is 6.26 Å². The number of hydrogen-bond acceptors (Lipinski definition) is 4. The van der Waals surface area contributed by atoms with Crippen LogP contribution in [0.2, 0.25) is 0 Å². The summed E-state index contributed by atoms with van der Waals surface area (Å²) in [6, 6.07) is 19.3. The van der Waals surface area contributed by atoms with Crippen molar-refractivity contribution in [2.24, 2.45) is 0 Å². The molecule has 0 fully saturated rings. The van der Waals surface area contributed by atoms with Gasteiger partial charge in [0.05, 0.1) is 24.4 Å². The average molecular weight is 371 g/mol. The first-order chi connectivity index (χ1) is 12.5. The van der Waals surface area contributed by atoms with Crippen LogP contribution in [0.25, 0.3) is 0 Å². The normalized spacial score (nSPS) is 12.8. The number of furan rings is 1. The summed E-state index contributed by atoms with van der Waals surface area (Å²) in [7, 11) is -3.69. The van der Waals surface area contributed by atoms with Gasteiger partial charge in [-0.15, -0.1) is 0 Å². The fraction of sp³-hybridized carbons (Fsp3) is 0.200. The van der Waals surface area contributed by atoms with Gasteiger partial charge < -0.3 is 9.15 Å². The van der Waals surface area contributed by atoms with Crippen LogP contribution >= 0.6 is 0 Å². The van der Waals surface area contributed by atoms with Gasteiger partial charge in [-0.3, -0.25) is 0 Å².